The Morgan fingerprint density at radius 2 is 1.52 bits per heavy atom. The summed E-state index contributed by atoms with van der Waals surface area (Å²) in [7, 11) is 0. The molecule has 0 spiro atoms. The van der Waals surface area contributed by atoms with Crippen LogP contribution in [-0.4, -0.2) is 11.8 Å². The van der Waals surface area contributed by atoms with Crippen molar-refractivity contribution in [1.82, 2.24) is 0 Å². The molecule has 0 aromatic heterocycles. The van der Waals surface area contributed by atoms with Gasteiger partial charge in [-0.25, -0.2) is 0 Å². The van der Waals surface area contributed by atoms with Gasteiger partial charge in [0.05, 0.1) is 0 Å². The fourth-order valence-electron chi connectivity index (χ4n) is 3.84. The summed E-state index contributed by atoms with van der Waals surface area (Å²) in [4.78, 5) is 25.2. The second-order valence-corrected chi connectivity index (χ2v) is 10.9. The molecule has 0 saturated carbocycles. The number of primary amides is 1. The first-order valence-electron chi connectivity index (χ1n) is 10.6. The normalized spacial score (nSPS) is 16.6. The van der Waals surface area contributed by atoms with E-state index in [9.17, 15) is 9.59 Å². The van der Waals surface area contributed by atoms with Gasteiger partial charge in [0.15, 0.2) is 0 Å². The predicted molar refractivity (Wildman–Crippen MR) is 122 cm³/mol. The first kappa shape index (κ1) is 25.0. The summed E-state index contributed by atoms with van der Waals surface area (Å²) in [5.74, 6) is -0.380. The number of nitrogens with two attached hydrogens (primary N) is 2. The number of rotatable bonds is 8. The topological polar surface area (TPSA) is 98.2 Å². The highest BCUT2D eigenvalue weighted by Crippen LogP contribution is 2.38. The Kier molecular flexibility index (Phi) is 8.31. The Morgan fingerprint density at radius 1 is 1.00 bits per heavy atom. The Hall–Kier alpha value is -2.04. The average molecular weight is 404 g/mol. The lowest BCUT2D eigenvalue weighted by molar-refractivity contribution is -0.125. The zero-order valence-electron chi connectivity index (χ0n) is 19.5. The lowest BCUT2D eigenvalue weighted by Gasteiger charge is -2.36. The van der Waals surface area contributed by atoms with E-state index in [1.54, 1.807) is 12.1 Å². The lowest BCUT2D eigenvalue weighted by atomic mass is 9.69. The van der Waals surface area contributed by atoms with Gasteiger partial charge in [-0.1, -0.05) is 55.4 Å². The molecule has 5 heteroatoms. The number of hydrogen-bond acceptors (Lipinski definition) is 3. The number of hydrogen-bond donors (Lipinski definition) is 3. The van der Waals surface area contributed by atoms with Gasteiger partial charge in [0.25, 0.3) is 0 Å². The van der Waals surface area contributed by atoms with Gasteiger partial charge in [0.2, 0.25) is 11.8 Å². The first-order chi connectivity index (χ1) is 13.1. The summed E-state index contributed by atoms with van der Waals surface area (Å²) in [6.07, 6.45) is 1.44. The van der Waals surface area contributed by atoms with Crippen LogP contribution in [-0.2, 0) is 9.59 Å². The molecule has 0 saturated heterocycles. The molecular formula is C24H41N3O2. The zero-order valence-corrected chi connectivity index (χ0v) is 19.5. The smallest absolute Gasteiger partial charge is 0.228 e. The van der Waals surface area contributed by atoms with E-state index in [0.717, 1.165) is 12.1 Å². The van der Waals surface area contributed by atoms with Gasteiger partial charge in [-0.3, -0.25) is 9.59 Å². The van der Waals surface area contributed by atoms with Crippen LogP contribution in [0.4, 0.5) is 11.4 Å². The molecule has 29 heavy (non-hydrogen) atoms. The van der Waals surface area contributed by atoms with E-state index in [1.165, 1.54) is 0 Å². The van der Waals surface area contributed by atoms with Gasteiger partial charge in [0, 0.05) is 23.2 Å². The number of carbonyl (C=O) groups excluding carboxylic acids is 2. The molecule has 5 N–H and O–H groups in total. The fraction of sp³-hybridized carbons (Fsp3) is 0.667. The van der Waals surface area contributed by atoms with Crippen LogP contribution in [0, 0.1) is 34.5 Å². The Labute approximate surface area is 177 Å². The van der Waals surface area contributed by atoms with Crippen molar-refractivity contribution >= 4 is 23.2 Å². The maximum atomic E-state index is 13.1. The molecule has 4 atom stereocenters. The lowest BCUT2D eigenvalue weighted by Crippen LogP contribution is -2.38. The summed E-state index contributed by atoms with van der Waals surface area (Å²) in [5.41, 5.74) is 12.7. The van der Waals surface area contributed by atoms with E-state index in [1.807, 2.05) is 12.1 Å². The van der Waals surface area contributed by atoms with Crippen LogP contribution < -0.4 is 16.8 Å². The van der Waals surface area contributed by atoms with Crippen molar-refractivity contribution in [2.45, 2.75) is 68.2 Å². The van der Waals surface area contributed by atoms with Crippen molar-refractivity contribution in [3.05, 3.63) is 24.3 Å². The third-order valence-electron chi connectivity index (χ3n) is 5.88. The monoisotopic (exact) mass is 403 g/mol. The van der Waals surface area contributed by atoms with Crippen LogP contribution in [0.25, 0.3) is 0 Å². The van der Waals surface area contributed by atoms with Gasteiger partial charge in [-0.2, -0.15) is 0 Å². The van der Waals surface area contributed by atoms with Crippen LogP contribution in [0.3, 0.4) is 0 Å². The second-order valence-electron chi connectivity index (χ2n) is 10.9. The maximum Gasteiger partial charge on any atom is 0.228 e. The van der Waals surface area contributed by atoms with Crippen LogP contribution in [0.1, 0.15) is 68.2 Å². The van der Waals surface area contributed by atoms with E-state index in [4.69, 9.17) is 11.5 Å². The minimum absolute atomic E-state index is 0.00670. The molecular weight excluding hydrogens is 362 g/mol. The van der Waals surface area contributed by atoms with Gasteiger partial charge in [-0.15, -0.1) is 0 Å². The summed E-state index contributed by atoms with van der Waals surface area (Å²) in [5, 5.41) is 3.02. The zero-order chi connectivity index (χ0) is 22.6. The molecule has 1 aromatic rings. The average Bonchev–Trinajstić information content (AvgIpc) is 2.56. The van der Waals surface area contributed by atoms with Gasteiger partial charge in [-0.05, 0) is 59.8 Å². The molecule has 4 unspecified atom stereocenters. The highest BCUT2D eigenvalue weighted by Gasteiger charge is 2.37. The van der Waals surface area contributed by atoms with Crippen molar-refractivity contribution < 1.29 is 9.59 Å². The third kappa shape index (κ3) is 8.08. The van der Waals surface area contributed by atoms with E-state index >= 15 is 0 Å². The molecule has 1 aromatic carbocycles. The summed E-state index contributed by atoms with van der Waals surface area (Å²) in [6.45, 7) is 16.8. The quantitative estimate of drug-likeness (QED) is 0.528. The maximum absolute atomic E-state index is 13.1. The fourth-order valence-corrected chi connectivity index (χ4v) is 3.84. The van der Waals surface area contributed by atoms with Crippen molar-refractivity contribution in [3.63, 3.8) is 0 Å². The third-order valence-corrected chi connectivity index (χ3v) is 5.88. The molecule has 0 radical (unpaired) electrons. The van der Waals surface area contributed by atoms with Gasteiger partial charge in [0.1, 0.15) is 0 Å². The summed E-state index contributed by atoms with van der Waals surface area (Å²) >= 11 is 0. The number of amides is 2. The van der Waals surface area contributed by atoms with Crippen molar-refractivity contribution in [1.29, 1.82) is 0 Å². The molecule has 2 amide bonds. The van der Waals surface area contributed by atoms with Crippen molar-refractivity contribution in [2.24, 2.45) is 40.2 Å². The number of carbonyl (C=O) groups is 2. The SMILES string of the molecule is CC(CC(C(=O)Nc1ccc(N)cc1)C(C)(C)C)C(C)C(CC(C)(C)C)C(N)=O. The Balaban J connectivity index is 2.97. The molecule has 1 rings (SSSR count). The summed E-state index contributed by atoms with van der Waals surface area (Å²) < 4.78 is 0. The van der Waals surface area contributed by atoms with Gasteiger partial charge < -0.3 is 16.8 Å². The molecule has 164 valence electrons. The number of benzene rings is 1. The van der Waals surface area contributed by atoms with E-state index in [2.05, 4.69) is 60.7 Å². The second kappa shape index (κ2) is 9.64. The highest BCUT2D eigenvalue weighted by atomic mass is 16.2. The first-order valence-corrected chi connectivity index (χ1v) is 10.6. The minimum atomic E-state index is -0.252. The van der Waals surface area contributed by atoms with Crippen LogP contribution >= 0.6 is 0 Å². The molecule has 0 heterocycles. The Bertz CT molecular complexity index is 684. The predicted octanol–water partition coefficient (Wildman–Crippen LogP) is 5.07. The number of nitrogens with one attached hydrogen (secondary N) is 1. The largest absolute Gasteiger partial charge is 0.399 e. The van der Waals surface area contributed by atoms with E-state index in [-0.39, 0.29) is 46.3 Å². The Morgan fingerprint density at radius 3 is 1.93 bits per heavy atom. The van der Waals surface area contributed by atoms with E-state index in [0.29, 0.717) is 12.1 Å². The molecule has 0 aliphatic carbocycles. The van der Waals surface area contributed by atoms with Gasteiger partial charge >= 0.3 is 0 Å². The number of nitrogen functional groups attached to an aromatic ring is 1. The molecule has 0 aliphatic rings. The van der Waals surface area contributed by atoms with Crippen LogP contribution in [0.15, 0.2) is 24.3 Å². The summed E-state index contributed by atoms with van der Waals surface area (Å²) in [6, 6.07) is 7.17. The molecule has 0 bridgehead atoms. The minimum Gasteiger partial charge on any atom is -0.399 e. The van der Waals surface area contributed by atoms with Crippen molar-refractivity contribution in [2.75, 3.05) is 11.1 Å². The van der Waals surface area contributed by atoms with E-state index < -0.39 is 0 Å². The standard InChI is InChI=1S/C24H41N3O2/c1-15(16(2)19(21(26)28)14-23(3,4)5)13-20(24(6,7)8)22(29)27-18-11-9-17(25)10-12-18/h9-12,15-16,19-20H,13-14,25H2,1-8H3,(H2,26,28)(H,27,29). The number of anilines is 2. The van der Waals surface area contributed by atoms with Crippen LogP contribution in [0.2, 0.25) is 0 Å². The molecule has 0 fully saturated rings. The molecule has 5 nitrogen and oxygen atoms in total. The molecule has 0 aliphatic heterocycles. The van der Waals surface area contributed by atoms with Crippen LogP contribution in [0.5, 0.6) is 0 Å². The highest BCUT2D eigenvalue weighted by molar-refractivity contribution is 5.93. The van der Waals surface area contributed by atoms with Crippen molar-refractivity contribution in [3.8, 4) is 0 Å².